The second-order valence-corrected chi connectivity index (χ2v) is 5.80. The van der Waals surface area contributed by atoms with Gasteiger partial charge in [-0.05, 0) is 12.5 Å². The van der Waals surface area contributed by atoms with Crippen molar-refractivity contribution in [1.29, 1.82) is 0 Å². The lowest BCUT2D eigenvalue weighted by Gasteiger charge is -2.10. The van der Waals surface area contributed by atoms with Gasteiger partial charge < -0.3 is 5.73 Å². The van der Waals surface area contributed by atoms with Crippen molar-refractivity contribution in [3.05, 3.63) is 35.4 Å². The molecular weight excluding hydrogens is 198 g/mol. The molecule has 0 radical (unpaired) electrons. The highest BCUT2D eigenvalue weighted by atomic mass is 32.2. The first-order valence-electron chi connectivity index (χ1n) is 4.38. The summed E-state index contributed by atoms with van der Waals surface area (Å²) in [5, 5.41) is 0. The van der Waals surface area contributed by atoms with E-state index in [2.05, 4.69) is 0 Å². The summed E-state index contributed by atoms with van der Waals surface area (Å²) in [5.41, 5.74) is 7.73. The maximum absolute atomic E-state index is 11.0. The zero-order chi connectivity index (χ0) is 10.8. The van der Waals surface area contributed by atoms with Gasteiger partial charge in [0.1, 0.15) is 9.84 Å². The SMILES string of the molecule is Cc1cccc(C(N)CS(C)(=O)=O)c1. The maximum Gasteiger partial charge on any atom is 0.149 e. The Hall–Kier alpha value is -0.870. The average molecular weight is 213 g/mol. The summed E-state index contributed by atoms with van der Waals surface area (Å²) in [6.45, 7) is 1.96. The van der Waals surface area contributed by atoms with Gasteiger partial charge in [-0.25, -0.2) is 8.42 Å². The van der Waals surface area contributed by atoms with E-state index in [4.69, 9.17) is 5.73 Å². The minimum Gasteiger partial charge on any atom is -0.323 e. The van der Waals surface area contributed by atoms with E-state index < -0.39 is 15.9 Å². The molecule has 1 atom stereocenters. The molecule has 1 aromatic carbocycles. The van der Waals surface area contributed by atoms with Crippen molar-refractivity contribution in [3.8, 4) is 0 Å². The molecule has 0 saturated heterocycles. The van der Waals surface area contributed by atoms with Crippen molar-refractivity contribution in [2.75, 3.05) is 12.0 Å². The van der Waals surface area contributed by atoms with E-state index in [9.17, 15) is 8.42 Å². The molecule has 0 heterocycles. The maximum atomic E-state index is 11.0. The Morgan fingerprint density at radius 1 is 1.43 bits per heavy atom. The van der Waals surface area contributed by atoms with Crippen LogP contribution in [0.2, 0.25) is 0 Å². The highest BCUT2D eigenvalue weighted by molar-refractivity contribution is 7.90. The van der Waals surface area contributed by atoms with E-state index >= 15 is 0 Å². The van der Waals surface area contributed by atoms with Crippen LogP contribution in [0.15, 0.2) is 24.3 Å². The smallest absolute Gasteiger partial charge is 0.149 e. The molecule has 0 aliphatic heterocycles. The van der Waals surface area contributed by atoms with E-state index in [-0.39, 0.29) is 5.75 Å². The molecule has 4 heteroatoms. The van der Waals surface area contributed by atoms with Crippen molar-refractivity contribution >= 4 is 9.84 Å². The van der Waals surface area contributed by atoms with Gasteiger partial charge in [0.05, 0.1) is 5.75 Å². The lowest BCUT2D eigenvalue weighted by Crippen LogP contribution is -2.20. The zero-order valence-corrected chi connectivity index (χ0v) is 9.21. The Morgan fingerprint density at radius 2 is 2.07 bits per heavy atom. The zero-order valence-electron chi connectivity index (χ0n) is 8.40. The molecule has 1 rings (SSSR count). The van der Waals surface area contributed by atoms with E-state index in [0.717, 1.165) is 11.1 Å². The summed E-state index contributed by atoms with van der Waals surface area (Å²) in [7, 11) is -3.01. The van der Waals surface area contributed by atoms with Gasteiger partial charge in [-0.2, -0.15) is 0 Å². The summed E-state index contributed by atoms with van der Waals surface area (Å²) in [6, 6.07) is 7.17. The average Bonchev–Trinajstić information content (AvgIpc) is 2.01. The lowest BCUT2D eigenvalue weighted by molar-refractivity contribution is 0.594. The van der Waals surface area contributed by atoms with Crippen LogP contribution in [0.1, 0.15) is 17.2 Å². The summed E-state index contributed by atoms with van der Waals surface area (Å²) in [4.78, 5) is 0. The number of hydrogen-bond acceptors (Lipinski definition) is 3. The Labute approximate surface area is 84.9 Å². The van der Waals surface area contributed by atoms with Gasteiger partial charge in [-0.15, -0.1) is 0 Å². The minimum atomic E-state index is -3.01. The predicted octanol–water partition coefficient (Wildman–Crippen LogP) is 1.04. The largest absolute Gasteiger partial charge is 0.323 e. The highest BCUT2D eigenvalue weighted by Crippen LogP contribution is 2.13. The third-order valence-electron chi connectivity index (χ3n) is 1.95. The second kappa shape index (κ2) is 4.11. The molecule has 2 N–H and O–H groups in total. The fourth-order valence-electron chi connectivity index (χ4n) is 1.32. The van der Waals surface area contributed by atoms with Crippen LogP contribution in [0.25, 0.3) is 0 Å². The molecule has 0 amide bonds. The topological polar surface area (TPSA) is 60.2 Å². The highest BCUT2D eigenvalue weighted by Gasteiger charge is 2.12. The summed E-state index contributed by atoms with van der Waals surface area (Å²) in [5.74, 6) is -0.00352. The van der Waals surface area contributed by atoms with E-state index in [1.807, 2.05) is 31.2 Å². The first-order valence-corrected chi connectivity index (χ1v) is 6.44. The van der Waals surface area contributed by atoms with Crippen molar-refractivity contribution in [1.82, 2.24) is 0 Å². The Morgan fingerprint density at radius 3 is 2.57 bits per heavy atom. The van der Waals surface area contributed by atoms with Gasteiger partial charge in [-0.3, -0.25) is 0 Å². The molecule has 3 nitrogen and oxygen atoms in total. The summed E-state index contributed by atoms with van der Waals surface area (Å²) < 4.78 is 22.0. The van der Waals surface area contributed by atoms with Crippen LogP contribution in [0.5, 0.6) is 0 Å². The molecule has 0 spiro atoms. The molecule has 78 valence electrons. The van der Waals surface area contributed by atoms with Gasteiger partial charge in [-0.1, -0.05) is 29.8 Å². The van der Waals surface area contributed by atoms with Crippen LogP contribution >= 0.6 is 0 Å². The predicted molar refractivity (Wildman–Crippen MR) is 57.8 cm³/mol. The van der Waals surface area contributed by atoms with Crippen LogP contribution in [0, 0.1) is 6.92 Å². The number of hydrogen-bond donors (Lipinski definition) is 1. The third kappa shape index (κ3) is 3.47. The minimum absolute atomic E-state index is 0.00352. The van der Waals surface area contributed by atoms with Crippen molar-refractivity contribution in [3.63, 3.8) is 0 Å². The first-order chi connectivity index (χ1) is 6.38. The van der Waals surface area contributed by atoms with Crippen molar-refractivity contribution in [2.24, 2.45) is 5.73 Å². The van der Waals surface area contributed by atoms with E-state index in [1.54, 1.807) is 0 Å². The van der Waals surface area contributed by atoms with Gasteiger partial charge in [0, 0.05) is 12.3 Å². The fraction of sp³-hybridized carbons (Fsp3) is 0.400. The Bertz CT molecular complexity index is 412. The quantitative estimate of drug-likeness (QED) is 0.816. The van der Waals surface area contributed by atoms with Crippen LogP contribution in [-0.4, -0.2) is 20.4 Å². The van der Waals surface area contributed by atoms with Crippen LogP contribution in [0.3, 0.4) is 0 Å². The standard InChI is InChI=1S/C10H15NO2S/c1-8-4-3-5-9(6-8)10(11)7-14(2,12)13/h3-6,10H,7,11H2,1-2H3. The van der Waals surface area contributed by atoms with Gasteiger partial charge in [0.25, 0.3) is 0 Å². The second-order valence-electron chi connectivity index (χ2n) is 3.61. The third-order valence-corrected chi connectivity index (χ3v) is 2.92. The van der Waals surface area contributed by atoms with Crippen LogP contribution < -0.4 is 5.73 Å². The molecule has 0 aromatic heterocycles. The molecule has 1 unspecified atom stereocenters. The molecule has 0 fully saturated rings. The van der Waals surface area contributed by atoms with Crippen LogP contribution in [0.4, 0.5) is 0 Å². The number of benzene rings is 1. The van der Waals surface area contributed by atoms with Gasteiger partial charge >= 0.3 is 0 Å². The fourth-order valence-corrected chi connectivity index (χ4v) is 2.17. The van der Waals surface area contributed by atoms with Crippen LogP contribution in [-0.2, 0) is 9.84 Å². The summed E-state index contributed by atoms with van der Waals surface area (Å²) >= 11 is 0. The van der Waals surface area contributed by atoms with Crippen molar-refractivity contribution in [2.45, 2.75) is 13.0 Å². The molecule has 14 heavy (non-hydrogen) atoms. The molecule has 1 aromatic rings. The lowest BCUT2D eigenvalue weighted by atomic mass is 10.1. The molecule has 0 saturated carbocycles. The normalized spacial score (nSPS) is 13.9. The van der Waals surface area contributed by atoms with Gasteiger partial charge in [0.2, 0.25) is 0 Å². The van der Waals surface area contributed by atoms with Gasteiger partial charge in [0.15, 0.2) is 0 Å². The Balaban J connectivity index is 2.85. The molecule has 0 aliphatic carbocycles. The molecular formula is C10H15NO2S. The number of sulfone groups is 1. The Kier molecular flexibility index (Phi) is 3.29. The monoisotopic (exact) mass is 213 g/mol. The summed E-state index contributed by atoms with van der Waals surface area (Å²) in [6.07, 6.45) is 1.20. The van der Waals surface area contributed by atoms with E-state index in [0.29, 0.717) is 0 Å². The van der Waals surface area contributed by atoms with E-state index in [1.165, 1.54) is 6.26 Å². The first kappa shape index (κ1) is 11.2. The molecule has 0 aliphatic rings. The number of nitrogens with two attached hydrogens (primary N) is 1. The van der Waals surface area contributed by atoms with Crippen molar-refractivity contribution < 1.29 is 8.42 Å². The number of aryl methyl sites for hydroxylation is 1. The molecule has 0 bridgehead atoms. The number of rotatable bonds is 3.